The van der Waals surface area contributed by atoms with Crippen molar-refractivity contribution in [3.8, 4) is 0 Å². The predicted octanol–water partition coefficient (Wildman–Crippen LogP) is 4.88. The number of amides is 1. The van der Waals surface area contributed by atoms with Gasteiger partial charge in [-0.3, -0.25) is 4.79 Å². The molecule has 1 N–H and O–H groups in total. The predicted molar refractivity (Wildman–Crippen MR) is 98.2 cm³/mol. The molecule has 0 fully saturated rings. The van der Waals surface area contributed by atoms with Crippen molar-refractivity contribution in [3.05, 3.63) is 51.4 Å². The maximum Gasteiger partial charge on any atom is 0.341 e. The zero-order valence-corrected chi connectivity index (χ0v) is 15.5. The summed E-state index contributed by atoms with van der Waals surface area (Å²) in [6, 6.07) is 8.99. The molecule has 4 nitrogen and oxygen atoms in total. The Balaban J connectivity index is 2.19. The van der Waals surface area contributed by atoms with Gasteiger partial charge in [-0.15, -0.1) is 11.3 Å². The third-order valence-electron chi connectivity index (χ3n) is 3.38. The third kappa shape index (κ3) is 4.58. The molecule has 0 radical (unpaired) electrons. The summed E-state index contributed by atoms with van der Waals surface area (Å²) in [5.74, 6) is -0.378. The lowest BCUT2D eigenvalue weighted by Gasteiger charge is -2.07. The molecule has 1 aromatic carbocycles. The Morgan fingerprint density at radius 3 is 2.62 bits per heavy atom. The summed E-state index contributed by atoms with van der Waals surface area (Å²) in [7, 11) is 0. The van der Waals surface area contributed by atoms with Crippen LogP contribution in [0.3, 0.4) is 0 Å². The van der Waals surface area contributed by atoms with Crippen LogP contribution in [0.25, 0.3) is 0 Å². The minimum absolute atomic E-state index is 0.150. The maximum absolute atomic E-state index is 12.3. The van der Waals surface area contributed by atoms with Crippen molar-refractivity contribution >= 4 is 39.8 Å². The Hall–Kier alpha value is -1.85. The van der Waals surface area contributed by atoms with Crippen molar-refractivity contribution in [2.24, 2.45) is 0 Å². The summed E-state index contributed by atoms with van der Waals surface area (Å²) in [5, 5.41) is 3.89. The molecule has 2 rings (SSSR count). The molecule has 0 saturated heterocycles. The van der Waals surface area contributed by atoms with Crippen LogP contribution < -0.4 is 5.32 Å². The zero-order chi connectivity index (χ0) is 17.7. The highest BCUT2D eigenvalue weighted by atomic mass is 35.5. The first-order valence-electron chi connectivity index (χ1n) is 7.76. The van der Waals surface area contributed by atoms with E-state index in [0.717, 1.165) is 10.4 Å². The Morgan fingerprint density at radius 1 is 1.29 bits per heavy atom. The molecule has 0 spiro atoms. The summed E-state index contributed by atoms with van der Waals surface area (Å²) in [6.07, 6.45) is 0.150. The Kier molecular flexibility index (Phi) is 6.40. The molecule has 0 aliphatic heterocycles. The fourth-order valence-electron chi connectivity index (χ4n) is 2.13. The van der Waals surface area contributed by atoms with Gasteiger partial charge >= 0.3 is 5.97 Å². The van der Waals surface area contributed by atoms with Crippen LogP contribution in [0.5, 0.6) is 0 Å². The third-order valence-corrected chi connectivity index (χ3v) is 5.10. The first kappa shape index (κ1) is 18.5. The number of rotatable bonds is 6. The molecule has 128 valence electrons. The maximum atomic E-state index is 12.3. The molecule has 24 heavy (non-hydrogen) atoms. The van der Waals surface area contributed by atoms with E-state index in [4.69, 9.17) is 16.3 Å². The van der Waals surface area contributed by atoms with Gasteiger partial charge in [-0.25, -0.2) is 4.79 Å². The van der Waals surface area contributed by atoms with Crippen LogP contribution in [-0.2, 0) is 16.0 Å². The van der Waals surface area contributed by atoms with E-state index in [1.807, 2.05) is 32.0 Å². The second-order valence-electron chi connectivity index (χ2n) is 5.58. The first-order valence-corrected chi connectivity index (χ1v) is 8.96. The molecule has 0 atom stereocenters. The molecule has 6 heteroatoms. The number of anilines is 1. The molecule has 0 saturated carbocycles. The summed E-state index contributed by atoms with van der Waals surface area (Å²) >= 11 is 7.49. The topological polar surface area (TPSA) is 55.4 Å². The van der Waals surface area contributed by atoms with E-state index in [0.29, 0.717) is 22.2 Å². The van der Waals surface area contributed by atoms with Crippen LogP contribution in [0.15, 0.2) is 30.3 Å². The minimum Gasteiger partial charge on any atom is -0.462 e. The largest absolute Gasteiger partial charge is 0.462 e. The number of halogens is 1. The van der Waals surface area contributed by atoms with E-state index in [-0.39, 0.29) is 18.2 Å². The summed E-state index contributed by atoms with van der Waals surface area (Å²) in [5.41, 5.74) is 1.15. The number of thiophene rings is 1. The number of hydrogen-bond acceptors (Lipinski definition) is 4. The SMILES string of the molecule is CCOC(=O)c1cc(C(C)C)sc1NC(=O)Cc1ccccc1Cl. The lowest BCUT2D eigenvalue weighted by molar-refractivity contribution is -0.115. The molecule has 1 amide bonds. The normalized spacial score (nSPS) is 10.7. The van der Waals surface area contributed by atoms with Crippen molar-refractivity contribution in [2.75, 3.05) is 11.9 Å². The fourth-order valence-corrected chi connectivity index (χ4v) is 3.40. The van der Waals surface area contributed by atoms with Crippen molar-refractivity contribution in [3.63, 3.8) is 0 Å². The van der Waals surface area contributed by atoms with Gasteiger partial charge in [0.25, 0.3) is 0 Å². The van der Waals surface area contributed by atoms with Crippen molar-refractivity contribution in [1.29, 1.82) is 0 Å². The second kappa shape index (κ2) is 8.31. The number of benzene rings is 1. The van der Waals surface area contributed by atoms with Gasteiger partial charge in [0.2, 0.25) is 5.91 Å². The van der Waals surface area contributed by atoms with E-state index < -0.39 is 5.97 Å². The van der Waals surface area contributed by atoms with Crippen LogP contribution >= 0.6 is 22.9 Å². The highest BCUT2D eigenvalue weighted by Crippen LogP contribution is 2.33. The fraction of sp³-hybridized carbons (Fsp3) is 0.333. The van der Waals surface area contributed by atoms with E-state index in [2.05, 4.69) is 5.32 Å². The van der Waals surface area contributed by atoms with E-state index in [1.165, 1.54) is 11.3 Å². The van der Waals surface area contributed by atoms with E-state index in [1.54, 1.807) is 19.1 Å². The van der Waals surface area contributed by atoms with Crippen molar-refractivity contribution in [1.82, 2.24) is 0 Å². The van der Waals surface area contributed by atoms with Gasteiger partial charge in [-0.05, 0) is 30.5 Å². The molecule has 2 aromatic rings. The van der Waals surface area contributed by atoms with Crippen LogP contribution in [-0.4, -0.2) is 18.5 Å². The molecule has 0 unspecified atom stereocenters. The van der Waals surface area contributed by atoms with Gasteiger partial charge in [0, 0.05) is 9.90 Å². The van der Waals surface area contributed by atoms with Gasteiger partial charge in [-0.1, -0.05) is 43.6 Å². The molecule has 1 heterocycles. The van der Waals surface area contributed by atoms with Crippen LogP contribution in [0, 0.1) is 0 Å². The van der Waals surface area contributed by atoms with Crippen molar-refractivity contribution in [2.45, 2.75) is 33.1 Å². The van der Waals surface area contributed by atoms with Gasteiger partial charge < -0.3 is 10.1 Å². The highest BCUT2D eigenvalue weighted by molar-refractivity contribution is 7.16. The molecule has 1 aromatic heterocycles. The summed E-state index contributed by atoms with van der Waals surface area (Å²) in [6.45, 7) is 6.12. The Morgan fingerprint density at radius 2 is 2.00 bits per heavy atom. The number of carbonyl (C=O) groups is 2. The number of nitrogens with one attached hydrogen (secondary N) is 1. The lowest BCUT2D eigenvalue weighted by atomic mass is 10.1. The van der Waals surface area contributed by atoms with Crippen molar-refractivity contribution < 1.29 is 14.3 Å². The van der Waals surface area contributed by atoms with E-state index in [9.17, 15) is 9.59 Å². The quantitative estimate of drug-likeness (QED) is 0.742. The van der Waals surface area contributed by atoms with Crippen LogP contribution in [0.2, 0.25) is 5.02 Å². The number of carbonyl (C=O) groups excluding carboxylic acids is 2. The van der Waals surface area contributed by atoms with Gasteiger partial charge in [0.1, 0.15) is 5.00 Å². The van der Waals surface area contributed by atoms with Gasteiger partial charge in [0.05, 0.1) is 18.6 Å². The monoisotopic (exact) mass is 365 g/mol. The standard InChI is InChI=1S/C18H20ClNO3S/c1-4-23-18(22)13-10-15(11(2)3)24-17(13)20-16(21)9-12-7-5-6-8-14(12)19/h5-8,10-11H,4,9H2,1-3H3,(H,20,21). The average Bonchev–Trinajstić information content (AvgIpc) is 2.94. The lowest BCUT2D eigenvalue weighted by Crippen LogP contribution is -2.16. The summed E-state index contributed by atoms with van der Waals surface area (Å²) < 4.78 is 5.08. The number of esters is 1. The van der Waals surface area contributed by atoms with Gasteiger partial charge in [0.15, 0.2) is 0 Å². The highest BCUT2D eigenvalue weighted by Gasteiger charge is 2.20. The Labute approximate surface area is 150 Å². The van der Waals surface area contributed by atoms with Gasteiger partial charge in [-0.2, -0.15) is 0 Å². The van der Waals surface area contributed by atoms with Crippen LogP contribution in [0.4, 0.5) is 5.00 Å². The number of hydrogen-bond donors (Lipinski definition) is 1. The second-order valence-corrected chi connectivity index (χ2v) is 7.07. The molecular formula is C18H20ClNO3S. The molecular weight excluding hydrogens is 346 g/mol. The molecule has 0 bridgehead atoms. The first-order chi connectivity index (χ1) is 11.4. The summed E-state index contributed by atoms with van der Waals surface area (Å²) in [4.78, 5) is 25.5. The van der Waals surface area contributed by atoms with Crippen LogP contribution in [0.1, 0.15) is 47.5 Å². The molecule has 0 aliphatic rings. The average molecular weight is 366 g/mol. The number of ether oxygens (including phenoxy) is 1. The van der Waals surface area contributed by atoms with E-state index >= 15 is 0 Å². The zero-order valence-electron chi connectivity index (χ0n) is 13.9. The smallest absolute Gasteiger partial charge is 0.341 e. The molecule has 0 aliphatic carbocycles. The Bertz CT molecular complexity index is 740. The minimum atomic E-state index is -0.423.